The van der Waals surface area contributed by atoms with Crippen LogP contribution in [0.2, 0.25) is 0 Å². The van der Waals surface area contributed by atoms with Crippen molar-refractivity contribution in [1.82, 2.24) is 25.0 Å². The number of pyridine rings is 1. The van der Waals surface area contributed by atoms with Gasteiger partial charge in [-0.15, -0.1) is 0 Å². The van der Waals surface area contributed by atoms with Gasteiger partial charge >= 0.3 is 5.97 Å². The number of piperidine rings is 1. The predicted molar refractivity (Wildman–Crippen MR) is 114 cm³/mol. The van der Waals surface area contributed by atoms with Gasteiger partial charge in [0.15, 0.2) is 0 Å². The number of ether oxygens (including phenoxy) is 2. The van der Waals surface area contributed by atoms with Gasteiger partial charge in [0, 0.05) is 51.2 Å². The summed E-state index contributed by atoms with van der Waals surface area (Å²) in [6.45, 7) is 8.60. The van der Waals surface area contributed by atoms with E-state index >= 15 is 0 Å². The van der Waals surface area contributed by atoms with Crippen LogP contribution in [-0.2, 0) is 22.6 Å². The smallest absolute Gasteiger partial charge is 0.356 e. The highest BCUT2D eigenvalue weighted by atomic mass is 16.5. The summed E-state index contributed by atoms with van der Waals surface area (Å²) in [4.78, 5) is 21.2. The minimum Gasteiger partial charge on any atom is -0.461 e. The Labute approximate surface area is 178 Å². The highest BCUT2D eigenvalue weighted by molar-refractivity contribution is 5.88. The third kappa shape index (κ3) is 6.62. The maximum atomic E-state index is 12.2. The van der Waals surface area contributed by atoms with Crippen molar-refractivity contribution in [3.05, 3.63) is 47.5 Å². The molecule has 0 bridgehead atoms. The molecule has 0 radical (unpaired) electrons. The molecule has 0 amide bonds. The molecular formula is C22H33N5O3. The second kappa shape index (κ2) is 11.8. The number of hydrogen-bond donors (Lipinski definition) is 1. The van der Waals surface area contributed by atoms with Crippen LogP contribution in [0.15, 0.2) is 30.7 Å². The van der Waals surface area contributed by atoms with E-state index in [0.29, 0.717) is 24.8 Å². The molecule has 1 saturated heterocycles. The average molecular weight is 416 g/mol. The van der Waals surface area contributed by atoms with Gasteiger partial charge in [-0.25, -0.2) is 4.79 Å². The summed E-state index contributed by atoms with van der Waals surface area (Å²) >= 11 is 0. The molecule has 1 aliphatic rings. The Morgan fingerprint density at radius 2 is 2.03 bits per heavy atom. The van der Waals surface area contributed by atoms with Crippen LogP contribution < -0.4 is 0 Å². The monoisotopic (exact) mass is 415 g/mol. The zero-order valence-electron chi connectivity index (χ0n) is 18.0. The standard InChI is InChI=1S/C22H33N5O3/c1-3-30-22(28)21-20(14-24-25-21)17-27(15-18-4-8-23-9-5-18)16-19-6-10-26(11-7-19)12-13-29-2/h4-5,8-9,14,19H,3,6-7,10-13,15-17H2,1-2H3,(H,24,25). The Bertz CT molecular complexity index is 759. The Hall–Kier alpha value is -2.29. The lowest BCUT2D eigenvalue weighted by Crippen LogP contribution is -2.39. The quantitative estimate of drug-likeness (QED) is 0.564. The van der Waals surface area contributed by atoms with Gasteiger partial charge in [-0.05, 0) is 56.5 Å². The number of esters is 1. The number of H-pyrrole nitrogens is 1. The normalized spacial score (nSPS) is 15.6. The predicted octanol–water partition coefficient (Wildman–Crippen LogP) is 2.34. The minimum absolute atomic E-state index is 0.347. The number of carbonyl (C=O) groups is 1. The van der Waals surface area contributed by atoms with Gasteiger partial charge in [0.1, 0.15) is 5.69 Å². The number of carbonyl (C=O) groups excluding carboxylic acids is 1. The first-order valence-electron chi connectivity index (χ1n) is 10.7. The molecule has 1 N–H and O–H groups in total. The number of likely N-dealkylation sites (tertiary alicyclic amines) is 1. The molecule has 0 atom stereocenters. The third-order valence-electron chi connectivity index (χ3n) is 5.58. The van der Waals surface area contributed by atoms with Crippen LogP contribution in [0.1, 0.15) is 41.4 Å². The molecule has 0 unspecified atom stereocenters. The molecule has 3 rings (SSSR count). The molecule has 8 nitrogen and oxygen atoms in total. The van der Waals surface area contributed by atoms with E-state index in [9.17, 15) is 4.79 Å². The summed E-state index contributed by atoms with van der Waals surface area (Å²) in [7, 11) is 1.75. The molecule has 1 fully saturated rings. The Morgan fingerprint density at radius 1 is 1.27 bits per heavy atom. The Balaban J connectivity index is 1.65. The van der Waals surface area contributed by atoms with Gasteiger partial charge in [0.05, 0.1) is 19.4 Å². The fourth-order valence-corrected chi connectivity index (χ4v) is 3.96. The topological polar surface area (TPSA) is 83.6 Å². The van der Waals surface area contributed by atoms with E-state index in [1.165, 1.54) is 18.4 Å². The second-order valence-electron chi connectivity index (χ2n) is 7.79. The van der Waals surface area contributed by atoms with Crippen LogP contribution in [0.25, 0.3) is 0 Å². The van der Waals surface area contributed by atoms with E-state index in [1.54, 1.807) is 13.3 Å². The van der Waals surface area contributed by atoms with Gasteiger partial charge in [0.2, 0.25) is 0 Å². The fraction of sp³-hybridized carbons (Fsp3) is 0.591. The van der Waals surface area contributed by atoms with Gasteiger partial charge < -0.3 is 14.4 Å². The van der Waals surface area contributed by atoms with E-state index in [4.69, 9.17) is 9.47 Å². The molecule has 8 heteroatoms. The zero-order chi connectivity index (χ0) is 21.2. The highest BCUT2D eigenvalue weighted by Crippen LogP contribution is 2.21. The zero-order valence-corrected chi connectivity index (χ0v) is 18.0. The highest BCUT2D eigenvalue weighted by Gasteiger charge is 2.23. The molecule has 30 heavy (non-hydrogen) atoms. The van der Waals surface area contributed by atoms with Crippen LogP contribution in [0.3, 0.4) is 0 Å². The van der Waals surface area contributed by atoms with Crippen molar-refractivity contribution in [2.45, 2.75) is 32.9 Å². The van der Waals surface area contributed by atoms with E-state index in [0.717, 1.165) is 44.9 Å². The maximum Gasteiger partial charge on any atom is 0.356 e. The van der Waals surface area contributed by atoms with Crippen LogP contribution >= 0.6 is 0 Å². The molecule has 164 valence electrons. The number of rotatable bonds is 11. The molecule has 0 aliphatic carbocycles. The lowest BCUT2D eigenvalue weighted by Gasteiger charge is -2.34. The third-order valence-corrected chi connectivity index (χ3v) is 5.58. The Kier molecular flexibility index (Phi) is 8.80. The molecule has 0 spiro atoms. The van der Waals surface area contributed by atoms with Crippen molar-refractivity contribution in [2.75, 3.05) is 46.5 Å². The minimum atomic E-state index is -0.347. The first-order chi connectivity index (χ1) is 14.7. The summed E-state index contributed by atoms with van der Waals surface area (Å²) in [5.41, 5.74) is 2.54. The first kappa shape index (κ1) is 22.4. The van der Waals surface area contributed by atoms with E-state index in [1.807, 2.05) is 31.5 Å². The van der Waals surface area contributed by atoms with E-state index in [-0.39, 0.29) is 5.97 Å². The molecule has 1 aliphatic heterocycles. The van der Waals surface area contributed by atoms with Crippen molar-refractivity contribution in [2.24, 2.45) is 5.92 Å². The maximum absolute atomic E-state index is 12.2. The van der Waals surface area contributed by atoms with Crippen LogP contribution in [0.4, 0.5) is 0 Å². The number of methoxy groups -OCH3 is 1. The summed E-state index contributed by atoms with van der Waals surface area (Å²) in [5, 5.41) is 6.90. The first-order valence-corrected chi connectivity index (χ1v) is 10.7. The molecule has 2 aromatic heterocycles. The SMILES string of the molecule is CCOC(=O)c1[nH]ncc1CN(Cc1ccncc1)CC1CCN(CCOC)CC1. The van der Waals surface area contributed by atoms with Crippen LogP contribution in [-0.4, -0.2) is 77.5 Å². The van der Waals surface area contributed by atoms with Crippen molar-refractivity contribution < 1.29 is 14.3 Å². The molecule has 3 heterocycles. The summed E-state index contributed by atoms with van der Waals surface area (Å²) in [6.07, 6.45) is 7.73. The number of hydrogen-bond acceptors (Lipinski definition) is 7. The van der Waals surface area contributed by atoms with Gasteiger partial charge in [-0.2, -0.15) is 5.10 Å². The average Bonchev–Trinajstić information content (AvgIpc) is 3.22. The summed E-state index contributed by atoms with van der Waals surface area (Å²) in [6, 6.07) is 4.09. The summed E-state index contributed by atoms with van der Waals surface area (Å²) in [5.74, 6) is 0.281. The van der Waals surface area contributed by atoms with Crippen molar-refractivity contribution in [1.29, 1.82) is 0 Å². The molecule has 2 aromatic rings. The molecule has 0 saturated carbocycles. The lowest BCUT2D eigenvalue weighted by molar-refractivity contribution is 0.0516. The number of nitrogens with one attached hydrogen (secondary N) is 1. The number of nitrogens with zero attached hydrogens (tertiary/aromatic N) is 4. The Morgan fingerprint density at radius 3 is 2.73 bits per heavy atom. The van der Waals surface area contributed by atoms with Crippen LogP contribution in [0, 0.1) is 5.92 Å². The summed E-state index contributed by atoms with van der Waals surface area (Å²) < 4.78 is 10.4. The van der Waals surface area contributed by atoms with Crippen molar-refractivity contribution in [3.63, 3.8) is 0 Å². The van der Waals surface area contributed by atoms with Gasteiger partial charge in [0.25, 0.3) is 0 Å². The van der Waals surface area contributed by atoms with Crippen molar-refractivity contribution >= 4 is 5.97 Å². The molecule has 0 aromatic carbocycles. The fourth-order valence-electron chi connectivity index (χ4n) is 3.96. The largest absolute Gasteiger partial charge is 0.461 e. The van der Waals surface area contributed by atoms with Gasteiger partial charge in [-0.1, -0.05) is 0 Å². The van der Waals surface area contributed by atoms with Crippen molar-refractivity contribution in [3.8, 4) is 0 Å². The van der Waals surface area contributed by atoms with Crippen LogP contribution in [0.5, 0.6) is 0 Å². The number of aromatic amines is 1. The van der Waals surface area contributed by atoms with E-state index < -0.39 is 0 Å². The molecular weight excluding hydrogens is 382 g/mol. The van der Waals surface area contributed by atoms with Gasteiger partial charge in [-0.3, -0.25) is 15.0 Å². The lowest BCUT2D eigenvalue weighted by atomic mass is 9.95. The second-order valence-corrected chi connectivity index (χ2v) is 7.79. The number of aromatic nitrogens is 3. The van der Waals surface area contributed by atoms with E-state index in [2.05, 4.69) is 25.0 Å².